The first-order valence-electron chi connectivity index (χ1n) is 2.12. The summed E-state index contributed by atoms with van der Waals surface area (Å²) in [5.74, 6) is 0. The number of rotatable bonds is 2. The van der Waals surface area contributed by atoms with Gasteiger partial charge in [-0.15, -0.1) is 0 Å². The molecule has 0 aromatic carbocycles. The van der Waals surface area contributed by atoms with Crippen LogP contribution in [0.1, 0.15) is 6.92 Å². The van der Waals surface area contributed by atoms with Crippen LogP contribution in [0.15, 0.2) is 23.1 Å². The van der Waals surface area contributed by atoms with Crippen LogP contribution in [0.4, 0.5) is 0 Å². The Morgan fingerprint density at radius 3 is 2.12 bits per heavy atom. The molecule has 0 radical (unpaired) electrons. The van der Waals surface area contributed by atoms with E-state index in [2.05, 4.69) is 6.58 Å². The van der Waals surface area contributed by atoms with Crippen molar-refractivity contribution in [3.63, 3.8) is 0 Å². The average molecular weight is 213 g/mol. The molecule has 0 rings (SSSR count). The van der Waals surface area contributed by atoms with Crippen molar-refractivity contribution in [2.24, 2.45) is 0 Å². The molecule has 0 saturated heterocycles. The Bertz CT molecular complexity index is 107. The minimum atomic E-state index is -1.66. The van der Waals surface area contributed by atoms with E-state index < -0.39 is 12.8 Å². The molecule has 0 aliphatic carbocycles. The fourth-order valence-corrected chi connectivity index (χ4v) is 2.71. The molecule has 0 aromatic rings. The van der Waals surface area contributed by atoms with Crippen LogP contribution in [-0.2, 0) is 0 Å². The van der Waals surface area contributed by atoms with Crippen LogP contribution in [0.25, 0.3) is 0 Å². The van der Waals surface area contributed by atoms with Crippen molar-refractivity contribution in [3.05, 3.63) is 23.1 Å². The molecule has 0 fully saturated rings. The predicted molar refractivity (Wildman–Crippen MR) is 41.4 cm³/mol. The first kappa shape index (κ1) is 8.62. The van der Waals surface area contributed by atoms with Crippen molar-refractivity contribution in [3.8, 4) is 0 Å². The Hall–Kier alpha value is 0.618. The van der Waals surface area contributed by atoms with Gasteiger partial charge in [-0.1, -0.05) is 0 Å². The van der Waals surface area contributed by atoms with E-state index in [0.717, 1.165) is 4.36 Å². The topological polar surface area (TPSA) is 0 Å². The zero-order valence-electron chi connectivity index (χ0n) is 4.56. The van der Waals surface area contributed by atoms with Gasteiger partial charge in [-0.25, -0.2) is 0 Å². The third-order valence-electron chi connectivity index (χ3n) is 0.700. The number of halogens is 2. The summed E-state index contributed by atoms with van der Waals surface area (Å²) >= 11 is -1.66. The van der Waals surface area contributed by atoms with Gasteiger partial charge in [0.15, 0.2) is 0 Å². The molecular formula is C5H7AsCl2. The van der Waals surface area contributed by atoms with Gasteiger partial charge in [-0.3, -0.25) is 0 Å². The van der Waals surface area contributed by atoms with Gasteiger partial charge in [0.1, 0.15) is 0 Å². The maximum absolute atomic E-state index is 5.62. The number of allylic oxidation sites excluding steroid dienone is 3. The summed E-state index contributed by atoms with van der Waals surface area (Å²) in [4.78, 5) is 0. The fraction of sp³-hybridized carbons (Fsp3) is 0.200. The first-order valence-corrected chi connectivity index (χ1v) is 7.99. The van der Waals surface area contributed by atoms with Crippen molar-refractivity contribution >= 4 is 32.7 Å². The van der Waals surface area contributed by atoms with E-state index in [1.165, 1.54) is 0 Å². The van der Waals surface area contributed by atoms with Crippen molar-refractivity contribution in [1.29, 1.82) is 0 Å². The second kappa shape index (κ2) is 4.49. The molecule has 0 unspecified atom stereocenters. The molecule has 0 bridgehead atoms. The van der Waals surface area contributed by atoms with E-state index in [1.807, 2.05) is 13.0 Å². The molecule has 0 atom stereocenters. The molecule has 0 heterocycles. The van der Waals surface area contributed by atoms with Crippen LogP contribution in [-0.4, -0.2) is 12.8 Å². The van der Waals surface area contributed by atoms with Crippen molar-refractivity contribution < 1.29 is 0 Å². The van der Waals surface area contributed by atoms with Gasteiger partial charge in [-0.05, 0) is 0 Å². The zero-order chi connectivity index (χ0) is 6.57. The number of hydrogen-bond donors (Lipinski definition) is 0. The van der Waals surface area contributed by atoms with Gasteiger partial charge < -0.3 is 0 Å². The van der Waals surface area contributed by atoms with Crippen molar-refractivity contribution in [2.75, 3.05) is 0 Å². The Kier molecular flexibility index (Phi) is 4.84. The average Bonchev–Trinajstić information content (AvgIpc) is 1.69. The van der Waals surface area contributed by atoms with E-state index in [9.17, 15) is 0 Å². The predicted octanol–water partition coefficient (Wildman–Crippen LogP) is 2.62. The molecule has 8 heavy (non-hydrogen) atoms. The van der Waals surface area contributed by atoms with Crippen LogP contribution in [0.2, 0.25) is 0 Å². The van der Waals surface area contributed by atoms with Gasteiger partial charge in [0.2, 0.25) is 0 Å². The molecule has 0 nitrogen and oxygen atoms in total. The van der Waals surface area contributed by atoms with E-state index in [4.69, 9.17) is 19.9 Å². The summed E-state index contributed by atoms with van der Waals surface area (Å²) in [6.45, 7) is 5.46. The summed E-state index contributed by atoms with van der Waals surface area (Å²) in [5.41, 5.74) is 0. The maximum atomic E-state index is 5.62. The van der Waals surface area contributed by atoms with E-state index in [1.54, 1.807) is 6.08 Å². The molecule has 0 spiro atoms. The monoisotopic (exact) mass is 212 g/mol. The Balaban J connectivity index is 3.91. The van der Waals surface area contributed by atoms with Crippen LogP contribution >= 0.6 is 19.9 Å². The van der Waals surface area contributed by atoms with E-state index in [-0.39, 0.29) is 0 Å². The van der Waals surface area contributed by atoms with Crippen molar-refractivity contribution in [2.45, 2.75) is 6.92 Å². The minimum absolute atomic E-state index is 1.00. The van der Waals surface area contributed by atoms with Gasteiger partial charge in [0.25, 0.3) is 0 Å². The van der Waals surface area contributed by atoms with Crippen molar-refractivity contribution in [1.82, 2.24) is 0 Å². The molecule has 0 saturated carbocycles. The van der Waals surface area contributed by atoms with E-state index in [0.29, 0.717) is 0 Å². The van der Waals surface area contributed by atoms with Crippen LogP contribution in [0.5, 0.6) is 0 Å². The summed E-state index contributed by atoms with van der Waals surface area (Å²) in [6.07, 6.45) is 3.60. The standard InChI is InChI=1S/C5H7AsCl2/c1-3-5(4-2)6(7)8/h3-4H,1H2,2H3/b5-4+. The van der Waals surface area contributed by atoms with Crippen LogP contribution < -0.4 is 0 Å². The fourth-order valence-electron chi connectivity index (χ4n) is 0.284. The first-order chi connectivity index (χ1) is 3.72. The Morgan fingerprint density at radius 1 is 1.62 bits per heavy atom. The Labute approximate surface area is 62.7 Å². The quantitative estimate of drug-likeness (QED) is 0.488. The third-order valence-corrected chi connectivity index (χ3v) is 4.47. The molecule has 0 aliphatic heterocycles. The molecule has 0 amide bonds. The number of hydrogen-bond acceptors (Lipinski definition) is 0. The third kappa shape index (κ3) is 2.81. The van der Waals surface area contributed by atoms with Gasteiger partial charge in [0, 0.05) is 0 Å². The molecule has 0 aromatic heterocycles. The van der Waals surface area contributed by atoms with E-state index >= 15 is 0 Å². The second-order valence-electron chi connectivity index (χ2n) is 1.15. The second-order valence-corrected chi connectivity index (χ2v) is 7.62. The molecule has 3 heteroatoms. The zero-order valence-corrected chi connectivity index (χ0v) is 7.95. The normalized spacial score (nSPS) is 12.2. The molecule has 0 N–H and O–H groups in total. The Morgan fingerprint density at radius 2 is 2.12 bits per heavy atom. The van der Waals surface area contributed by atoms with Gasteiger partial charge in [0.05, 0.1) is 0 Å². The summed E-state index contributed by atoms with van der Waals surface area (Å²) in [5, 5.41) is 0. The summed E-state index contributed by atoms with van der Waals surface area (Å²) in [7, 11) is 11.2. The van der Waals surface area contributed by atoms with Crippen LogP contribution in [0, 0.1) is 0 Å². The van der Waals surface area contributed by atoms with Crippen LogP contribution in [0.3, 0.4) is 0 Å². The SMILES string of the molecule is C=C/C(=C\C)[As](Cl)Cl. The molecular weight excluding hydrogens is 206 g/mol. The summed E-state index contributed by atoms with van der Waals surface area (Å²) < 4.78 is 1.00. The molecule has 0 aliphatic rings. The summed E-state index contributed by atoms with van der Waals surface area (Å²) in [6, 6.07) is 0. The molecule has 46 valence electrons. The van der Waals surface area contributed by atoms with Gasteiger partial charge >= 0.3 is 62.7 Å². The van der Waals surface area contributed by atoms with Gasteiger partial charge in [-0.2, -0.15) is 0 Å².